The van der Waals surface area contributed by atoms with Gasteiger partial charge in [0.2, 0.25) is 0 Å². The monoisotopic (exact) mass is 342 g/mol. The number of para-hydroxylation sites is 1. The third-order valence-electron chi connectivity index (χ3n) is 3.16. The summed E-state index contributed by atoms with van der Waals surface area (Å²) in [5.41, 5.74) is -1.44. The molecule has 2 rings (SSSR count). The van der Waals surface area contributed by atoms with Crippen molar-refractivity contribution in [1.29, 1.82) is 0 Å². The predicted octanol–water partition coefficient (Wildman–Crippen LogP) is 1.83. The van der Waals surface area contributed by atoms with Gasteiger partial charge in [-0.25, -0.2) is 4.68 Å². The molecule has 1 heterocycles. The quantitative estimate of drug-likeness (QED) is 0.896. The van der Waals surface area contributed by atoms with Crippen molar-refractivity contribution in [2.24, 2.45) is 0 Å². The van der Waals surface area contributed by atoms with Crippen LogP contribution in [0.3, 0.4) is 0 Å². The summed E-state index contributed by atoms with van der Waals surface area (Å²) in [6, 6.07) is 4.72. The summed E-state index contributed by atoms with van der Waals surface area (Å²) in [6.07, 6.45) is -3.55. The first-order valence-corrected chi connectivity index (χ1v) is 6.84. The number of hydrogen-bond acceptors (Lipinski definition) is 4. The zero-order valence-corrected chi connectivity index (χ0v) is 12.5. The molecule has 10 heteroatoms. The van der Waals surface area contributed by atoms with E-state index in [1.165, 1.54) is 18.2 Å². The minimum atomic E-state index is -4.59. The Bertz CT molecular complexity index is 758. The van der Waals surface area contributed by atoms with Gasteiger partial charge in [-0.05, 0) is 19.1 Å². The van der Waals surface area contributed by atoms with Crippen LogP contribution in [0.15, 0.2) is 30.5 Å². The number of likely N-dealkylation sites (N-methyl/N-ethyl adjacent to an activating group) is 1. The van der Waals surface area contributed by atoms with Crippen LogP contribution in [0.5, 0.6) is 0 Å². The summed E-state index contributed by atoms with van der Waals surface area (Å²) in [4.78, 5) is 23.9. The van der Waals surface area contributed by atoms with Crippen molar-refractivity contribution in [2.45, 2.75) is 13.1 Å². The lowest BCUT2D eigenvalue weighted by Gasteiger charge is -2.16. The van der Waals surface area contributed by atoms with Gasteiger partial charge in [0, 0.05) is 6.54 Å². The number of benzene rings is 1. The molecular formula is C14H13F3N4O3. The average Bonchev–Trinajstić information content (AvgIpc) is 3.00. The van der Waals surface area contributed by atoms with Crippen LogP contribution in [0.2, 0.25) is 0 Å². The first kappa shape index (κ1) is 17.4. The number of nitrogens with zero attached hydrogens (tertiary/aromatic N) is 4. The molecule has 0 bridgehead atoms. The largest absolute Gasteiger partial charge is 0.480 e. The molecular weight excluding hydrogens is 329 g/mol. The highest BCUT2D eigenvalue weighted by atomic mass is 19.4. The molecule has 24 heavy (non-hydrogen) atoms. The molecule has 128 valence electrons. The van der Waals surface area contributed by atoms with Gasteiger partial charge < -0.3 is 10.0 Å². The number of halogens is 3. The van der Waals surface area contributed by atoms with Gasteiger partial charge in [0.05, 0.1) is 17.4 Å². The normalized spacial score (nSPS) is 11.3. The van der Waals surface area contributed by atoms with E-state index in [0.717, 1.165) is 21.8 Å². The van der Waals surface area contributed by atoms with E-state index < -0.39 is 30.2 Å². The van der Waals surface area contributed by atoms with Crippen molar-refractivity contribution in [3.8, 4) is 5.69 Å². The lowest BCUT2D eigenvalue weighted by molar-refractivity contribution is -0.138. The molecule has 0 unspecified atom stereocenters. The van der Waals surface area contributed by atoms with Crippen LogP contribution in [-0.2, 0) is 11.0 Å². The van der Waals surface area contributed by atoms with E-state index in [1.807, 2.05) is 0 Å². The lowest BCUT2D eigenvalue weighted by Crippen LogP contribution is -2.35. The second kappa shape index (κ2) is 6.69. The highest BCUT2D eigenvalue weighted by Gasteiger charge is 2.34. The van der Waals surface area contributed by atoms with E-state index in [9.17, 15) is 22.8 Å². The van der Waals surface area contributed by atoms with Crippen LogP contribution >= 0.6 is 0 Å². The zero-order valence-electron chi connectivity index (χ0n) is 12.5. The van der Waals surface area contributed by atoms with Crippen molar-refractivity contribution in [1.82, 2.24) is 19.9 Å². The first-order chi connectivity index (χ1) is 11.2. The van der Waals surface area contributed by atoms with Crippen LogP contribution in [-0.4, -0.2) is 50.0 Å². The second-order valence-corrected chi connectivity index (χ2v) is 4.78. The van der Waals surface area contributed by atoms with Crippen molar-refractivity contribution < 1.29 is 27.9 Å². The Kier molecular flexibility index (Phi) is 4.86. The van der Waals surface area contributed by atoms with Crippen LogP contribution in [0, 0.1) is 0 Å². The minimum absolute atomic E-state index is 0.108. The Labute approximate surface area is 134 Å². The van der Waals surface area contributed by atoms with Gasteiger partial charge in [0.15, 0.2) is 5.69 Å². The van der Waals surface area contributed by atoms with E-state index in [1.54, 1.807) is 6.92 Å². The van der Waals surface area contributed by atoms with Crippen LogP contribution in [0.1, 0.15) is 23.0 Å². The fourth-order valence-corrected chi connectivity index (χ4v) is 2.05. The Morgan fingerprint density at radius 1 is 1.29 bits per heavy atom. The summed E-state index contributed by atoms with van der Waals surface area (Å²) in [5, 5.41) is 15.9. The molecule has 0 radical (unpaired) electrons. The third-order valence-corrected chi connectivity index (χ3v) is 3.16. The number of hydrogen-bond donors (Lipinski definition) is 1. The summed E-state index contributed by atoms with van der Waals surface area (Å²) >= 11 is 0. The zero-order chi connectivity index (χ0) is 17.9. The molecule has 0 fully saturated rings. The van der Waals surface area contributed by atoms with Gasteiger partial charge in [-0.1, -0.05) is 17.3 Å². The number of carboxylic acids is 1. The highest BCUT2D eigenvalue weighted by molar-refractivity contribution is 5.93. The summed E-state index contributed by atoms with van der Waals surface area (Å²) < 4.78 is 39.9. The van der Waals surface area contributed by atoms with Crippen molar-refractivity contribution in [3.63, 3.8) is 0 Å². The Hall–Kier alpha value is -2.91. The number of carboxylic acid groups (broad SMARTS) is 1. The molecule has 0 saturated carbocycles. The van der Waals surface area contributed by atoms with Gasteiger partial charge in [-0.15, -0.1) is 5.10 Å². The maximum absolute atomic E-state index is 13.0. The second-order valence-electron chi connectivity index (χ2n) is 4.78. The third kappa shape index (κ3) is 3.70. The number of aliphatic carboxylic acids is 1. The highest BCUT2D eigenvalue weighted by Crippen LogP contribution is 2.33. The summed E-state index contributed by atoms with van der Waals surface area (Å²) in [5.74, 6) is -1.93. The minimum Gasteiger partial charge on any atom is -0.480 e. The average molecular weight is 342 g/mol. The van der Waals surface area contributed by atoms with E-state index in [0.29, 0.717) is 0 Å². The SMILES string of the molecule is CCN(CC(=O)O)C(=O)c1cn(-c2ccccc2C(F)(F)F)nn1. The molecule has 7 nitrogen and oxygen atoms in total. The number of aromatic nitrogens is 3. The van der Waals surface area contributed by atoms with Crippen molar-refractivity contribution >= 4 is 11.9 Å². The van der Waals surface area contributed by atoms with E-state index >= 15 is 0 Å². The molecule has 2 aromatic rings. The molecule has 1 amide bonds. The molecule has 0 aliphatic rings. The Morgan fingerprint density at radius 3 is 2.54 bits per heavy atom. The van der Waals surface area contributed by atoms with Gasteiger partial charge in [0.1, 0.15) is 6.54 Å². The number of alkyl halides is 3. The van der Waals surface area contributed by atoms with E-state index in [4.69, 9.17) is 5.11 Å². The molecule has 0 spiro atoms. The van der Waals surface area contributed by atoms with Crippen LogP contribution in [0.4, 0.5) is 13.2 Å². The first-order valence-electron chi connectivity index (χ1n) is 6.84. The maximum atomic E-state index is 13.0. The van der Waals surface area contributed by atoms with Gasteiger partial charge in [-0.2, -0.15) is 13.2 Å². The van der Waals surface area contributed by atoms with Crippen molar-refractivity contribution in [3.05, 3.63) is 41.7 Å². The van der Waals surface area contributed by atoms with E-state index in [-0.39, 0.29) is 17.9 Å². The Balaban J connectivity index is 2.35. The van der Waals surface area contributed by atoms with Crippen LogP contribution < -0.4 is 0 Å². The van der Waals surface area contributed by atoms with Gasteiger partial charge >= 0.3 is 12.1 Å². The fourth-order valence-electron chi connectivity index (χ4n) is 2.05. The molecule has 0 saturated heterocycles. The van der Waals surface area contributed by atoms with Gasteiger partial charge in [-0.3, -0.25) is 9.59 Å². The van der Waals surface area contributed by atoms with Crippen LogP contribution in [0.25, 0.3) is 5.69 Å². The molecule has 1 aromatic carbocycles. The molecule has 0 aliphatic carbocycles. The predicted molar refractivity (Wildman–Crippen MR) is 75.6 cm³/mol. The molecule has 0 atom stereocenters. The number of amides is 1. The number of rotatable bonds is 5. The van der Waals surface area contributed by atoms with Gasteiger partial charge in [0.25, 0.3) is 5.91 Å². The molecule has 0 aliphatic heterocycles. The Morgan fingerprint density at radius 2 is 1.96 bits per heavy atom. The topological polar surface area (TPSA) is 88.3 Å². The smallest absolute Gasteiger partial charge is 0.418 e. The van der Waals surface area contributed by atoms with E-state index in [2.05, 4.69) is 10.3 Å². The fraction of sp³-hybridized carbons (Fsp3) is 0.286. The summed E-state index contributed by atoms with van der Waals surface area (Å²) in [6.45, 7) is 1.14. The summed E-state index contributed by atoms with van der Waals surface area (Å²) in [7, 11) is 0. The molecule has 1 N–H and O–H groups in total. The lowest BCUT2D eigenvalue weighted by atomic mass is 10.1. The molecule has 1 aromatic heterocycles. The maximum Gasteiger partial charge on any atom is 0.418 e. The van der Waals surface area contributed by atoms with Crippen molar-refractivity contribution in [2.75, 3.05) is 13.1 Å². The number of carbonyl (C=O) groups excluding carboxylic acids is 1. The number of carbonyl (C=O) groups is 2. The standard InChI is InChI=1S/C14H13F3N4O3/c1-2-20(8-12(22)23)13(24)10-7-21(19-18-10)11-6-4-3-5-9(11)14(15,16)17/h3-7H,2,8H2,1H3,(H,22,23).